The lowest BCUT2D eigenvalue weighted by Crippen LogP contribution is -2.41. The molecule has 0 radical (unpaired) electrons. The van der Waals surface area contributed by atoms with Crippen LogP contribution in [0.1, 0.15) is 37.8 Å². The summed E-state index contributed by atoms with van der Waals surface area (Å²) in [6.07, 6.45) is 4.07. The van der Waals surface area contributed by atoms with Gasteiger partial charge in [0.2, 0.25) is 0 Å². The third kappa shape index (κ3) is 3.09. The van der Waals surface area contributed by atoms with Gasteiger partial charge in [-0.1, -0.05) is 18.6 Å². The van der Waals surface area contributed by atoms with Crippen LogP contribution >= 0.6 is 0 Å². The molecule has 100 valence electrons. The van der Waals surface area contributed by atoms with E-state index in [-0.39, 0.29) is 17.9 Å². The van der Waals surface area contributed by atoms with E-state index in [4.69, 9.17) is 5.73 Å². The van der Waals surface area contributed by atoms with Crippen LogP contribution in [0, 0.1) is 11.7 Å². The van der Waals surface area contributed by atoms with E-state index in [1.807, 2.05) is 0 Å². The average Bonchev–Trinajstić information content (AvgIpc) is 2.32. The largest absolute Gasteiger partial charge is 0.323 e. The van der Waals surface area contributed by atoms with E-state index in [1.54, 1.807) is 12.1 Å². The van der Waals surface area contributed by atoms with Crippen molar-refractivity contribution in [3.05, 3.63) is 35.6 Å². The fourth-order valence-electron chi connectivity index (χ4n) is 2.49. The maximum absolute atomic E-state index is 12.9. The van der Waals surface area contributed by atoms with Crippen molar-refractivity contribution in [1.29, 1.82) is 0 Å². The smallest absolute Gasteiger partial charge is 0.123 e. The van der Waals surface area contributed by atoms with Crippen molar-refractivity contribution in [2.24, 2.45) is 11.7 Å². The second-order valence-corrected chi connectivity index (χ2v) is 5.55. The van der Waals surface area contributed by atoms with Crippen molar-refractivity contribution in [3.8, 4) is 0 Å². The second kappa shape index (κ2) is 5.81. The van der Waals surface area contributed by atoms with Crippen LogP contribution in [0.3, 0.4) is 0 Å². The molecule has 0 heterocycles. The summed E-state index contributed by atoms with van der Waals surface area (Å²) in [5.74, 6) is 0.638. The SMILES string of the molecule is CC(C(N)c1ccc(F)cc1)N(C)CC1CCC1. The first kappa shape index (κ1) is 13.5. The van der Waals surface area contributed by atoms with Gasteiger partial charge in [-0.05, 0) is 50.4 Å². The molecule has 1 aromatic carbocycles. The molecule has 2 unspecified atom stereocenters. The van der Waals surface area contributed by atoms with Gasteiger partial charge in [-0.25, -0.2) is 4.39 Å². The zero-order chi connectivity index (χ0) is 13.1. The lowest BCUT2D eigenvalue weighted by molar-refractivity contribution is 0.154. The average molecular weight is 250 g/mol. The highest BCUT2D eigenvalue weighted by atomic mass is 19.1. The maximum atomic E-state index is 12.9. The van der Waals surface area contributed by atoms with E-state index in [0.29, 0.717) is 0 Å². The number of nitrogens with zero attached hydrogens (tertiary/aromatic N) is 1. The lowest BCUT2D eigenvalue weighted by Gasteiger charge is -2.35. The zero-order valence-corrected chi connectivity index (χ0v) is 11.3. The Labute approximate surface area is 109 Å². The van der Waals surface area contributed by atoms with Gasteiger partial charge in [-0.2, -0.15) is 0 Å². The highest BCUT2D eigenvalue weighted by Crippen LogP contribution is 2.28. The van der Waals surface area contributed by atoms with Gasteiger partial charge in [0, 0.05) is 18.6 Å². The number of likely N-dealkylation sites (N-methyl/N-ethyl adjacent to an activating group) is 1. The Morgan fingerprint density at radius 2 is 1.94 bits per heavy atom. The Balaban J connectivity index is 1.93. The van der Waals surface area contributed by atoms with Gasteiger partial charge >= 0.3 is 0 Å². The van der Waals surface area contributed by atoms with E-state index >= 15 is 0 Å². The Morgan fingerprint density at radius 3 is 2.44 bits per heavy atom. The van der Waals surface area contributed by atoms with Gasteiger partial charge in [-0.15, -0.1) is 0 Å². The van der Waals surface area contributed by atoms with Crippen LogP contribution in [0.15, 0.2) is 24.3 Å². The van der Waals surface area contributed by atoms with Gasteiger partial charge in [0.25, 0.3) is 0 Å². The quantitative estimate of drug-likeness (QED) is 0.870. The fraction of sp³-hybridized carbons (Fsp3) is 0.600. The van der Waals surface area contributed by atoms with Crippen LogP contribution in [0.5, 0.6) is 0 Å². The van der Waals surface area contributed by atoms with Crippen molar-refractivity contribution < 1.29 is 4.39 Å². The molecule has 2 atom stereocenters. The van der Waals surface area contributed by atoms with Crippen LogP contribution in [-0.2, 0) is 0 Å². The first-order chi connectivity index (χ1) is 8.58. The maximum Gasteiger partial charge on any atom is 0.123 e. The Morgan fingerprint density at radius 1 is 1.33 bits per heavy atom. The predicted molar refractivity (Wildman–Crippen MR) is 72.8 cm³/mol. The standard InChI is InChI=1S/C15H23FN2/c1-11(18(2)10-12-4-3-5-12)15(17)13-6-8-14(16)9-7-13/h6-9,11-12,15H,3-5,10,17H2,1-2H3. The van der Waals surface area contributed by atoms with Crippen LogP contribution in [0.25, 0.3) is 0 Å². The zero-order valence-electron chi connectivity index (χ0n) is 11.3. The minimum absolute atomic E-state index is 0.0596. The molecule has 1 fully saturated rings. The van der Waals surface area contributed by atoms with Crippen LogP contribution in [-0.4, -0.2) is 24.5 Å². The van der Waals surface area contributed by atoms with E-state index in [2.05, 4.69) is 18.9 Å². The normalized spacial score (nSPS) is 19.6. The number of halogens is 1. The molecule has 0 spiro atoms. The molecule has 3 heteroatoms. The third-order valence-corrected chi connectivity index (χ3v) is 4.24. The van der Waals surface area contributed by atoms with Crippen LogP contribution < -0.4 is 5.73 Å². The third-order valence-electron chi connectivity index (χ3n) is 4.24. The molecular weight excluding hydrogens is 227 g/mol. The fourth-order valence-corrected chi connectivity index (χ4v) is 2.49. The molecule has 1 saturated carbocycles. The first-order valence-electron chi connectivity index (χ1n) is 6.79. The number of benzene rings is 1. The summed E-state index contributed by atoms with van der Waals surface area (Å²) in [7, 11) is 2.13. The van der Waals surface area contributed by atoms with Crippen molar-refractivity contribution in [3.63, 3.8) is 0 Å². The summed E-state index contributed by atoms with van der Waals surface area (Å²) in [5.41, 5.74) is 7.26. The van der Waals surface area contributed by atoms with Gasteiger partial charge in [0.1, 0.15) is 5.82 Å². The Bertz CT molecular complexity index is 373. The van der Waals surface area contributed by atoms with Crippen molar-refractivity contribution in [2.45, 2.75) is 38.3 Å². The molecule has 2 N–H and O–H groups in total. The van der Waals surface area contributed by atoms with Crippen molar-refractivity contribution in [2.75, 3.05) is 13.6 Å². The van der Waals surface area contributed by atoms with E-state index < -0.39 is 0 Å². The minimum Gasteiger partial charge on any atom is -0.323 e. The van der Waals surface area contributed by atoms with E-state index in [1.165, 1.54) is 31.4 Å². The molecule has 1 aliphatic carbocycles. The molecule has 0 aromatic heterocycles. The molecule has 18 heavy (non-hydrogen) atoms. The molecule has 0 bridgehead atoms. The van der Waals surface area contributed by atoms with Crippen molar-refractivity contribution in [1.82, 2.24) is 4.90 Å². The molecule has 1 aromatic rings. The molecule has 2 rings (SSSR count). The van der Waals surface area contributed by atoms with Crippen LogP contribution in [0.2, 0.25) is 0 Å². The molecule has 0 aliphatic heterocycles. The number of nitrogens with two attached hydrogens (primary N) is 1. The number of rotatable bonds is 5. The highest BCUT2D eigenvalue weighted by molar-refractivity contribution is 5.20. The summed E-state index contributed by atoms with van der Waals surface area (Å²) in [6, 6.07) is 6.75. The molecule has 2 nitrogen and oxygen atoms in total. The Hall–Kier alpha value is -0.930. The van der Waals surface area contributed by atoms with E-state index in [0.717, 1.165) is 18.0 Å². The van der Waals surface area contributed by atoms with Gasteiger partial charge in [-0.3, -0.25) is 0 Å². The van der Waals surface area contributed by atoms with Crippen LogP contribution in [0.4, 0.5) is 4.39 Å². The van der Waals surface area contributed by atoms with E-state index in [9.17, 15) is 4.39 Å². The molecule has 0 amide bonds. The minimum atomic E-state index is -0.207. The first-order valence-corrected chi connectivity index (χ1v) is 6.79. The molecule has 0 saturated heterocycles. The monoisotopic (exact) mass is 250 g/mol. The molecule has 1 aliphatic rings. The summed E-state index contributed by atoms with van der Waals surface area (Å²) in [5, 5.41) is 0. The highest BCUT2D eigenvalue weighted by Gasteiger charge is 2.24. The number of hydrogen-bond donors (Lipinski definition) is 1. The Kier molecular flexibility index (Phi) is 4.36. The van der Waals surface area contributed by atoms with Gasteiger partial charge < -0.3 is 10.6 Å². The topological polar surface area (TPSA) is 29.3 Å². The van der Waals surface area contributed by atoms with Crippen molar-refractivity contribution >= 4 is 0 Å². The second-order valence-electron chi connectivity index (χ2n) is 5.55. The number of hydrogen-bond acceptors (Lipinski definition) is 2. The summed E-state index contributed by atoms with van der Waals surface area (Å²) in [6.45, 7) is 3.27. The summed E-state index contributed by atoms with van der Waals surface area (Å²) in [4.78, 5) is 2.33. The van der Waals surface area contributed by atoms with Gasteiger partial charge in [0.05, 0.1) is 0 Å². The van der Waals surface area contributed by atoms with Gasteiger partial charge in [0.15, 0.2) is 0 Å². The lowest BCUT2D eigenvalue weighted by atomic mass is 9.84. The predicted octanol–water partition coefficient (Wildman–Crippen LogP) is 2.95. The molecular formula is C15H23FN2. The summed E-state index contributed by atoms with van der Waals surface area (Å²) < 4.78 is 12.9. The summed E-state index contributed by atoms with van der Waals surface area (Å²) >= 11 is 0.